The maximum absolute atomic E-state index is 10.7. The molecule has 66 valence electrons. The first kappa shape index (κ1) is 11.4. The van der Waals surface area contributed by atoms with Gasteiger partial charge < -0.3 is 0 Å². The molecule has 0 aliphatic rings. The van der Waals surface area contributed by atoms with Crippen LogP contribution in [0.3, 0.4) is 0 Å². The van der Waals surface area contributed by atoms with E-state index in [0.29, 0.717) is 0 Å². The minimum atomic E-state index is -3.20. The number of sulfonamides is 1. The molecule has 1 N–H and O–H groups in total. The molecule has 11 heavy (non-hydrogen) atoms. The van der Waals surface area contributed by atoms with Gasteiger partial charge in [0.15, 0.2) is 0 Å². The maximum Gasteiger partial charge on any atom is 0.247 e. The lowest BCUT2D eigenvalue weighted by Gasteiger charge is -1.97. The summed E-state index contributed by atoms with van der Waals surface area (Å²) in [5.41, 5.74) is 0. The van der Waals surface area contributed by atoms with E-state index in [1.54, 1.807) is 0 Å². The molecule has 0 aliphatic heterocycles. The maximum atomic E-state index is 10.7. The van der Waals surface area contributed by atoms with Crippen LogP contribution in [0.4, 0.5) is 0 Å². The predicted molar refractivity (Wildman–Crippen MR) is 52.7 cm³/mol. The summed E-state index contributed by atoms with van der Waals surface area (Å²) in [6.45, 7) is 1.54. The Morgan fingerprint density at radius 1 is 1.64 bits per heavy atom. The first-order valence-corrected chi connectivity index (χ1v) is 6.27. The number of nitrogens with zero attached hydrogens (tertiary/aromatic N) is 1. The van der Waals surface area contributed by atoms with Crippen molar-refractivity contribution in [3.63, 3.8) is 0 Å². The van der Waals surface area contributed by atoms with Gasteiger partial charge in [-0.2, -0.15) is 5.10 Å². The summed E-state index contributed by atoms with van der Waals surface area (Å²) in [5.74, 6) is 0.0274. The monoisotopic (exact) mass is 306 g/mol. The highest BCUT2D eigenvalue weighted by Crippen LogP contribution is 2.02. The Hall–Kier alpha value is 0.380. The zero-order valence-electron chi connectivity index (χ0n) is 5.79. The number of rotatable bonds is 4. The van der Waals surface area contributed by atoms with E-state index in [4.69, 9.17) is 0 Å². The lowest BCUT2D eigenvalue weighted by atomic mass is 10.9. The summed E-state index contributed by atoms with van der Waals surface area (Å²) in [7, 11) is -3.20. The lowest BCUT2D eigenvalue weighted by Crippen LogP contribution is -2.20. The van der Waals surface area contributed by atoms with Crippen molar-refractivity contribution in [2.24, 2.45) is 5.10 Å². The highest BCUT2D eigenvalue weighted by molar-refractivity contribution is 9.25. The molecular formula is C4H8Br2N2O2S. The van der Waals surface area contributed by atoms with E-state index in [0.717, 1.165) is 0 Å². The van der Waals surface area contributed by atoms with E-state index in [1.165, 1.54) is 13.1 Å². The molecule has 0 rings (SSSR count). The average molecular weight is 308 g/mol. The highest BCUT2D eigenvalue weighted by Gasteiger charge is 2.01. The topological polar surface area (TPSA) is 58.5 Å². The average Bonchev–Trinajstić information content (AvgIpc) is 1.87. The zero-order chi connectivity index (χ0) is 8.91. The largest absolute Gasteiger partial charge is 0.247 e. The fourth-order valence-electron chi connectivity index (χ4n) is 0.232. The molecule has 0 unspecified atom stereocenters. The van der Waals surface area contributed by atoms with Crippen LogP contribution in [0.2, 0.25) is 0 Å². The van der Waals surface area contributed by atoms with Crippen molar-refractivity contribution in [3.05, 3.63) is 0 Å². The normalized spacial score (nSPS) is 12.7. The molecule has 0 aromatic carbocycles. The number of alkyl halides is 2. The standard InChI is InChI=1S/C4H8Br2N2O2S/c1-2-11(9,10)8-7-3-4(5)6/h3-4,8H,2H2,1H3. The van der Waals surface area contributed by atoms with Crippen molar-refractivity contribution in [1.29, 1.82) is 0 Å². The first-order valence-electron chi connectivity index (χ1n) is 2.78. The molecule has 0 radical (unpaired) electrons. The van der Waals surface area contributed by atoms with E-state index >= 15 is 0 Å². The molecule has 0 aromatic rings. The number of nitrogens with one attached hydrogen (secondary N) is 1. The molecular weight excluding hydrogens is 300 g/mol. The fraction of sp³-hybridized carbons (Fsp3) is 0.750. The van der Waals surface area contributed by atoms with Crippen LogP contribution in [0.15, 0.2) is 5.10 Å². The van der Waals surface area contributed by atoms with Gasteiger partial charge in [0.1, 0.15) is 3.74 Å². The summed E-state index contributed by atoms with van der Waals surface area (Å²) >= 11 is 6.19. The van der Waals surface area contributed by atoms with Gasteiger partial charge in [-0.3, -0.25) is 0 Å². The van der Waals surface area contributed by atoms with Gasteiger partial charge in [0.25, 0.3) is 0 Å². The third-order valence-electron chi connectivity index (χ3n) is 0.759. The fourth-order valence-corrected chi connectivity index (χ4v) is 0.819. The van der Waals surface area contributed by atoms with Gasteiger partial charge in [-0.05, 0) is 6.92 Å². The van der Waals surface area contributed by atoms with E-state index in [1.807, 2.05) is 4.83 Å². The van der Waals surface area contributed by atoms with Crippen LogP contribution in [0.5, 0.6) is 0 Å². The Labute approximate surface area is 82.7 Å². The number of halogens is 2. The first-order chi connectivity index (χ1) is 4.98. The highest BCUT2D eigenvalue weighted by atomic mass is 79.9. The summed E-state index contributed by atoms with van der Waals surface area (Å²) in [6.07, 6.45) is 1.38. The Kier molecular flexibility index (Phi) is 5.28. The van der Waals surface area contributed by atoms with Crippen molar-refractivity contribution in [2.45, 2.75) is 10.7 Å². The van der Waals surface area contributed by atoms with Crippen LogP contribution in [-0.2, 0) is 10.0 Å². The van der Waals surface area contributed by atoms with E-state index < -0.39 is 10.0 Å². The molecule has 0 heterocycles. The van der Waals surface area contributed by atoms with Gasteiger partial charge in [0.05, 0.1) is 5.75 Å². The molecule has 0 saturated heterocycles. The van der Waals surface area contributed by atoms with Gasteiger partial charge in [-0.25, -0.2) is 13.2 Å². The van der Waals surface area contributed by atoms with Crippen LogP contribution >= 0.6 is 31.9 Å². The molecule has 0 fully saturated rings. The van der Waals surface area contributed by atoms with Crippen LogP contribution < -0.4 is 4.83 Å². The SMILES string of the molecule is CCS(=O)(=O)NN=CC(Br)Br. The van der Waals surface area contributed by atoms with Crippen LogP contribution in [0.1, 0.15) is 6.92 Å². The van der Waals surface area contributed by atoms with Gasteiger partial charge in [-0.1, -0.05) is 31.9 Å². The third kappa shape index (κ3) is 6.77. The number of hydrogen-bond donors (Lipinski definition) is 1. The smallest absolute Gasteiger partial charge is 0.205 e. The molecule has 0 atom stereocenters. The van der Waals surface area contributed by atoms with Crippen molar-refractivity contribution < 1.29 is 8.42 Å². The summed E-state index contributed by atoms with van der Waals surface area (Å²) in [5, 5.41) is 3.46. The van der Waals surface area contributed by atoms with Crippen LogP contribution in [0.25, 0.3) is 0 Å². The molecule has 0 aromatic heterocycles. The van der Waals surface area contributed by atoms with E-state index in [-0.39, 0.29) is 9.49 Å². The minimum absolute atomic E-state index is 0.0274. The predicted octanol–water partition coefficient (Wildman–Crippen LogP) is 1.03. The van der Waals surface area contributed by atoms with Crippen molar-refractivity contribution in [2.75, 3.05) is 5.75 Å². The Balaban J connectivity index is 3.89. The quantitative estimate of drug-likeness (QED) is 0.479. The Morgan fingerprint density at radius 3 is 2.55 bits per heavy atom. The molecule has 0 spiro atoms. The molecule has 0 bridgehead atoms. The molecule has 0 aliphatic carbocycles. The van der Waals surface area contributed by atoms with Gasteiger partial charge in [0, 0.05) is 6.21 Å². The third-order valence-corrected chi connectivity index (χ3v) is 2.38. The Bertz CT molecular complexity index is 224. The van der Waals surface area contributed by atoms with Gasteiger partial charge >= 0.3 is 0 Å². The van der Waals surface area contributed by atoms with Crippen molar-refractivity contribution in [3.8, 4) is 0 Å². The second-order valence-electron chi connectivity index (χ2n) is 1.61. The summed E-state index contributed by atoms with van der Waals surface area (Å²) in [4.78, 5) is 2.02. The van der Waals surface area contributed by atoms with Crippen LogP contribution in [0, 0.1) is 0 Å². The van der Waals surface area contributed by atoms with Gasteiger partial charge in [0.2, 0.25) is 10.0 Å². The number of hydrazone groups is 1. The van der Waals surface area contributed by atoms with Crippen molar-refractivity contribution in [1.82, 2.24) is 4.83 Å². The van der Waals surface area contributed by atoms with Gasteiger partial charge in [-0.15, -0.1) is 0 Å². The molecule has 0 saturated carbocycles. The number of hydrogen-bond acceptors (Lipinski definition) is 3. The lowest BCUT2D eigenvalue weighted by molar-refractivity contribution is 0.586. The molecule has 4 nitrogen and oxygen atoms in total. The summed E-state index contributed by atoms with van der Waals surface area (Å²) < 4.78 is 21.3. The van der Waals surface area contributed by atoms with Crippen LogP contribution in [-0.4, -0.2) is 24.1 Å². The zero-order valence-corrected chi connectivity index (χ0v) is 9.78. The Morgan fingerprint density at radius 2 is 2.18 bits per heavy atom. The molecule has 0 amide bonds. The van der Waals surface area contributed by atoms with E-state index in [9.17, 15) is 8.42 Å². The van der Waals surface area contributed by atoms with E-state index in [2.05, 4.69) is 37.0 Å². The summed E-state index contributed by atoms with van der Waals surface area (Å²) in [6, 6.07) is 0. The second kappa shape index (κ2) is 5.10. The second-order valence-corrected chi connectivity index (χ2v) is 6.80. The minimum Gasteiger partial charge on any atom is -0.205 e. The van der Waals surface area contributed by atoms with Crippen molar-refractivity contribution >= 4 is 48.1 Å². The molecule has 7 heteroatoms.